The zero-order chi connectivity index (χ0) is 13.7. The maximum absolute atomic E-state index is 5.86. The Balaban J connectivity index is 2.24. The van der Waals surface area contributed by atoms with Gasteiger partial charge in [0.2, 0.25) is 0 Å². The second-order valence-electron chi connectivity index (χ2n) is 5.44. The van der Waals surface area contributed by atoms with Gasteiger partial charge in [0.25, 0.3) is 0 Å². The summed E-state index contributed by atoms with van der Waals surface area (Å²) in [5.74, 6) is 0.779. The lowest BCUT2D eigenvalue weighted by Crippen LogP contribution is -2.09. The molecule has 0 saturated carbocycles. The Bertz CT molecular complexity index is 513. The van der Waals surface area contributed by atoms with Gasteiger partial charge in [-0.25, -0.2) is 0 Å². The number of nitrogens with zero attached hydrogens (tertiary/aromatic N) is 1. The number of unbranched alkanes of at least 4 members (excludes halogenated alkanes) is 1. The van der Waals surface area contributed by atoms with Crippen LogP contribution in [0, 0.1) is 5.92 Å². The van der Waals surface area contributed by atoms with Gasteiger partial charge in [-0.2, -0.15) is 0 Å². The van der Waals surface area contributed by atoms with E-state index in [1.54, 1.807) is 0 Å². The van der Waals surface area contributed by atoms with E-state index in [-0.39, 0.29) is 0 Å². The van der Waals surface area contributed by atoms with E-state index >= 15 is 0 Å². The van der Waals surface area contributed by atoms with E-state index in [9.17, 15) is 0 Å². The third-order valence-corrected chi connectivity index (χ3v) is 4.09. The number of rotatable bonds is 7. The summed E-state index contributed by atoms with van der Waals surface area (Å²) in [6.07, 6.45) is 7.46. The predicted octanol–water partition coefficient (Wildman–Crippen LogP) is 4.32. The second-order valence-corrected chi connectivity index (χ2v) is 5.44. The van der Waals surface area contributed by atoms with Crippen LogP contribution in [0.2, 0.25) is 0 Å². The summed E-state index contributed by atoms with van der Waals surface area (Å²) in [4.78, 5) is 0. The number of fused-ring (bicyclic) bond motifs is 1. The zero-order valence-electron chi connectivity index (χ0n) is 12.2. The molecule has 0 aliphatic rings. The van der Waals surface area contributed by atoms with Gasteiger partial charge >= 0.3 is 0 Å². The summed E-state index contributed by atoms with van der Waals surface area (Å²) in [5.41, 5.74) is 8.46. The Morgan fingerprint density at radius 3 is 2.68 bits per heavy atom. The molecule has 104 valence electrons. The quantitative estimate of drug-likeness (QED) is 0.788. The smallest absolute Gasteiger partial charge is 0.0483 e. The lowest BCUT2D eigenvalue weighted by molar-refractivity contribution is 0.396. The van der Waals surface area contributed by atoms with Crippen LogP contribution in [-0.4, -0.2) is 4.57 Å². The van der Waals surface area contributed by atoms with E-state index in [1.807, 2.05) is 0 Å². The largest absolute Gasteiger partial charge is 0.347 e. The minimum absolute atomic E-state index is 0.624. The SMILES string of the molecule is CCCCC(CC)Cn1cc(CN)c2ccccc21. The highest BCUT2D eigenvalue weighted by atomic mass is 15.0. The van der Waals surface area contributed by atoms with Gasteiger partial charge in [-0.1, -0.05) is 51.3 Å². The molecule has 0 bridgehead atoms. The topological polar surface area (TPSA) is 30.9 Å². The van der Waals surface area contributed by atoms with E-state index < -0.39 is 0 Å². The fourth-order valence-electron chi connectivity index (χ4n) is 2.83. The van der Waals surface area contributed by atoms with Crippen molar-refractivity contribution in [2.75, 3.05) is 0 Å². The third kappa shape index (κ3) is 3.19. The first-order chi connectivity index (χ1) is 9.30. The van der Waals surface area contributed by atoms with E-state index in [2.05, 4.69) is 48.9 Å². The van der Waals surface area contributed by atoms with Crippen LogP contribution in [0.25, 0.3) is 10.9 Å². The van der Waals surface area contributed by atoms with Crippen LogP contribution in [-0.2, 0) is 13.1 Å². The van der Waals surface area contributed by atoms with Crippen molar-refractivity contribution >= 4 is 10.9 Å². The highest BCUT2D eigenvalue weighted by molar-refractivity contribution is 5.83. The lowest BCUT2D eigenvalue weighted by Gasteiger charge is -2.16. The summed E-state index contributed by atoms with van der Waals surface area (Å²) >= 11 is 0. The molecule has 2 nitrogen and oxygen atoms in total. The first kappa shape index (κ1) is 14.1. The molecule has 0 aliphatic heterocycles. The van der Waals surface area contributed by atoms with Crippen LogP contribution >= 0.6 is 0 Å². The number of para-hydroxylation sites is 1. The molecule has 1 heterocycles. The van der Waals surface area contributed by atoms with Crippen molar-refractivity contribution in [1.29, 1.82) is 0 Å². The normalized spacial score (nSPS) is 13.0. The van der Waals surface area contributed by atoms with Gasteiger partial charge in [0.05, 0.1) is 0 Å². The van der Waals surface area contributed by atoms with Gasteiger partial charge in [-0.3, -0.25) is 0 Å². The van der Waals surface area contributed by atoms with Crippen molar-refractivity contribution < 1.29 is 0 Å². The molecule has 1 aromatic carbocycles. The Labute approximate surface area is 116 Å². The Morgan fingerprint density at radius 1 is 1.21 bits per heavy atom. The van der Waals surface area contributed by atoms with E-state index in [4.69, 9.17) is 5.73 Å². The molecule has 1 unspecified atom stereocenters. The molecule has 2 N–H and O–H groups in total. The number of hydrogen-bond acceptors (Lipinski definition) is 1. The van der Waals surface area contributed by atoms with E-state index in [0.29, 0.717) is 6.54 Å². The number of benzene rings is 1. The molecule has 2 aromatic rings. The maximum atomic E-state index is 5.86. The fourth-order valence-corrected chi connectivity index (χ4v) is 2.83. The van der Waals surface area contributed by atoms with Crippen molar-refractivity contribution in [2.24, 2.45) is 11.7 Å². The number of aromatic nitrogens is 1. The summed E-state index contributed by atoms with van der Waals surface area (Å²) in [6, 6.07) is 8.61. The standard InChI is InChI=1S/C17H26N2/c1-3-5-8-14(4-2)12-19-13-15(11-18)16-9-6-7-10-17(16)19/h6-7,9-10,13-14H,3-5,8,11-12,18H2,1-2H3. The molecule has 19 heavy (non-hydrogen) atoms. The van der Waals surface area contributed by atoms with Crippen molar-refractivity contribution in [3.63, 3.8) is 0 Å². The molecule has 1 atom stereocenters. The molecule has 0 radical (unpaired) electrons. The molecule has 0 spiro atoms. The predicted molar refractivity (Wildman–Crippen MR) is 83.1 cm³/mol. The van der Waals surface area contributed by atoms with Gasteiger partial charge in [0.15, 0.2) is 0 Å². The van der Waals surface area contributed by atoms with Gasteiger partial charge in [0.1, 0.15) is 0 Å². The minimum Gasteiger partial charge on any atom is -0.347 e. The van der Waals surface area contributed by atoms with E-state index in [1.165, 1.54) is 42.1 Å². The molecule has 0 saturated heterocycles. The Hall–Kier alpha value is -1.28. The summed E-state index contributed by atoms with van der Waals surface area (Å²) in [7, 11) is 0. The van der Waals surface area contributed by atoms with E-state index in [0.717, 1.165) is 12.5 Å². The summed E-state index contributed by atoms with van der Waals surface area (Å²) in [6.45, 7) is 6.32. The van der Waals surface area contributed by atoms with Gasteiger partial charge in [-0.15, -0.1) is 0 Å². The molecule has 2 rings (SSSR count). The highest BCUT2D eigenvalue weighted by Gasteiger charge is 2.11. The lowest BCUT2D eigenvalue weighted by atomic mass is 9.99. The number of hydrogen-bond donors (Lipinski definition) is 1. The first-order valence-corrected chi connectivity index (χ1v) is 7.56. The monoisotopic (exact) mass is 258 g/mol. The summed E-state index contributed by atoms with van der Waals surface area (Å²) in [5, 5.41) is 1.32. The average Bonchev–Trinajstić information content (AvgIpc) is 2.81. The van der Waals surface area contributed by atoms with Crippen LogP contribution in [0.3, 0.4) is 0 Å². The summed E-state index contributed by atoms with van der Waals surface area (Å²) < 4.78 is 2.40. The maximum Gasteiger partial charge on any atom is 0.0483 e. The van der Waals surface area contributed by atoms with Gasteiger partial charge in [0, 0.05) is 30.2 Å². The van der Waals surface area contributed by atoms with Gasteiger partial charge < -0.3 is 10.3 Å². The fraction of sp³-hybridized carbons (Fsp3) is 0.529. The molecule has 0 fully saturated rings. The first-order valence-electron chi connectivity index (χ1n) is 7.56. The molecule has 2 heteroatoms. The third-order valence-electron chi connectivity index (χ3n) is 4.09. The number of nitrogens with two attached hydrogens (primary N) is 1. The van der Waals surface area contributed by atoms with Gasteiger partial charge in [-0.05, 0) is 24.0 Å². The van der Waals surface area contributed by atoms with Crippen molar-refractivity contribution in [1.82, 2.24) is 4.57 Å². The van der Waals surface area contributed by atoms with Crippen LogP contribution < -0.4 is 5.73 Å². The molecule has 0 aliphatic carbocycles. The van der Waals surface area contributed by atoms with Crippen LogP contribution in [0.1, 0.15) is 45.1 Å². The average molecular weight is 258 g/mol. The molecular formula is C17H26N2. The zero-order valence-corrected chi connectivity index (χ0v) is 12.2. The highest BCUT2D eigenvalue weighted by Crippen LogP contribution is 2.24. The van der Waals surface area contributed by atoms with Crippen molar-refractivity contribution in [3.8, 4) is 0 Å². The van der Waals surface area contributed by atoms with Crippen LogP contribution in [0.5, 0.6) is 0 Å². The van der Waals surface area contributed by atoms with Crippen molar-refractivity contribution in [2.45, 2.75) is 52.6 Å². The van der Waals surface area contributed by atoms with Crippen molar-refractivity contribution in [3.05, 3.63) is 36.0 Å². The molecule has 1 aromatic heterocycles. The molecule has 0 amide bonds. The van der Waals surface area contributed by atoms with Crippen LogP contribution in [0.15, 0.2) is 30.5 Å². The second kappa shape index (κ2) is 6.76. The molecular weight excluding hydrogens is 232 g/mol. The van der Waals surface area contributed by atoms with Crippen LogP contribution in [0.4, 0.5) is 0 Å². The Morgan fingerprint density at radius 2 is 2.00 bits per heavy atom. The minimum atomic E-state index is 0.624. The Kier molecular flexibility index (Phi) is 5.03.